The molecule has 0 spiro atoms. The summed E-state index contributed by atoms with van der Waals surface area (Å²) < 4.78 is 23.5. The smallest absolute Gasteiger partial charge is 0.308 e. The molecule has 0 aromatic heterocycles. The Hall–Kier alpha value is -2.25. The molecule has 1 unspecified atom stereocenters. The summed E-state index contributed by atoms with van der Waals surface area (Å²) in [7, 11) is -3.86. The Labute approximate surface area is 133 Å². The number of nitriles is 2. The van der Waals surface area contributed by atoms with Crippen LogP contribution in [-0.2, 0) is 13.6 Å². The van der Waals surface area contributed by atoms with Crippen LogP contribution in [0.25, 0.3) is 0 Å². The van der Waals surface area contributed by atoms with Crippen molar-refractivity contribution >= 4 is 13.3 Å². The average molecular weight is 337 g/mol. The minimum absolute atomic E-state index is 0.0479. The second kappa shape index (κ2) is 8.40. The minimum atomic E-state index is -3.86. The van der Waals surface area contributed by atoms with Gasteiger partial charge in [-0.2, -0.15) is 10.5 Å². The Kier molecular flexibility index (Phi) is 6.87. The molecule has 1 aromatic carbocycles. The summed E-state index contributed by atoms with van der Waals surface area (Å²) >= 11 is 0. The molecule has 0 aliphatic carbocycles. The molecule has 0 amide bonds. The van der Waals surface area contributed by atoms with Crippen LogP contribution in [0, 0.1) is 38.7 Å². The van der Waals surface area contributed by atoms with E-state index in [4.69, 9.17) is 9.05 Å². The zero-order chi connectivity index (χ0) is 17.5. The molecule has 0 saturated carbocycles. The molecule has 1 rings (SSSR count). The Morgan fingerprint density at radius 1 is 1.26 bits per heavy atom. The van der Waals surface area contributed by atoms with Gasteiger partial charge in [-0.1, -0.05) is 12.1 Å². The van der Waals surface area contributed by atoms with E-state index in [2.05, 4.69) is 0 Å². The van der Waals surface area contributed by atoms with Crippen molar-refractivity contribution in [3.05, 3.63) is 39.9 Å². The van der Waals surface area contributed by atoms with Crippen molar-refractivity contribution in [2.24, 2.45) is 5.92 Å². The Balaban J connectivity index is 3.50. The third-order valence-corrected chi connectivity index (χ3v) is 5.49. The number of non-ortho nitro benzene ring substituents is 1. The number of rotatable bonds is 8. The summed E-state index contributed by atoms with van der Waals surface area (Å²) in [6.45, 7) is 3.30. The molecule has 0 saturated heterocycles. The van der Waals surface area contributed by atoms with Gasteiger partial charge < -0.3 is 9.05 Å². The average Bonchev–Trinajstić information content (AvgIpc) is 2.52. The predicted molar refractivity (Wildman–Crippen MR) is 81.4 cm³/mol. The standard InChI is InChI=1S/C14H16N3O5P/c1-3-21-23(20,22-4-2)14(12(9-15)10-16)11-6-5-7-13(8-11)17(18)19/h5-8,12,14H,3-4H2,1-2H3. The third-order valence-electron chi connectivity index (χ3n) is 2.98. The van der Waals surface area contributed by atoms with E-state index < -0.39 is 24.1 Å². The lowest BCUT2D eigenvalue weighted by atomic mass is 10.0. The zero-order valence-electron chi connectivity index (χ0n) is 12.7. The molecule has 9 heteroatoms. The van der Waals surface area contributed by atoms with E-state index in [0.717, 1.165) is 0 Å². The fourth-order valence-corrected chi connectivity index (χ4v) is 4.25. The molecule has 1 atom stereocenters. The van der Waals surface area contributed by atoms with E-state index in [-0.39, 0.29) is 24.5 Å². The van der Waals surface area contributed by atoms with Crippen LogP contribution in [0.15, 0.2) is 24.3 Å². The molecule has 0 aliphatic rings. The molecule has 8 nitrogen and oxygen atoms in total. The van der Waals surface area contributed by atoms with Gasteiger partial charge in [-0.25, -0.2) is 0 Å². The van der Waals surface area contributed by atoms with Crippen molar-refractivity contribution < 1.29 is 18.5 Å². The van der Waals surface area contributed by atoms with Crippen LogP contribution >= 0.6 is 7.60 Å². The molecule has 0 aliphatic heterocycles. The first-order chi connectivity index (χ1) is 10.9. The quantitative estimate of drug-likeness (QED) is 0.403. The molecular formula is C14H16N3O5P. The van der Waals surface area contributed by atoms with Gasteiger partial charge in [0.1, 0.15) is 5.66 Å². The molecule has 0 bridgehead atoms. The molecule has 0 radical (unpaired) electrons. The van der Waals surface area contributed by atoms with Crippen molar-refractivity contribution in [1.29, 1.82) is 10.5 Å². The first-order valence-corrected chi connectivity index (χ1v) is 8.47. The van der Waals surface area contributed by atoms with Gasteiger partial charge in [0.05, 0.1) is 30.3 Å². The van der Waals surface area contributed by atoms with Crippen molar-refractivity contribution in [2.45, 2.75) is 19.5 Å². The van der Waals surface area contributed by atoms with Crippen LogP contribution < -0.4 is 0 Å². The van der Waals surface area contributed by atoms with Crippen molar-refractivity contribution in [2.75, 3.05) is 13.2 Å². The SMILES string of the molecule is CCOP(=O)(OCC)C(c1cccc([N+](=O)[O-])c1)C(C#N)C#N. The van der Waals surface area contributed by atoms with Crippen molar-refractivity contribution in [3.8, 4) is 12.1 Å². The summed E-state index contributed by atoms with van der Waals surface area (Å²) in [5.41, 5.74) is -1.27. The minimum Gasteiger partial charge on any atom is -0.308 e. The highest BCUT2D eigenvalue weighted by molar-refractivity contribution is 7.54. The summed E-state index contributed by atoms with van der Waals surface area (Å²) in [4.78, 5) is 10.3. The van der Waals surface area contributed by atoms with Gasteiger partial charge in [0.2, 0.25) is 0 Å². The molecule has 0 heterocycles. The van der Waals surface area contributed by atoms with Gasteiger partial charge in [0.15, 0.2) is 5.92 Å². The van der Waals surface area contributed by atoms with Gasteiger partial charge in [-0.15, -0.1) is 0 Å². The van der Waals surface area contributed by atoms with Crippen LogP contribution in [0.5, 0.6) is 0 Å². The number of benzene rings is 1. The lowest BCUT2D eigenvalue weighted by Gasteiger charge is -2.27. The summed E-state index contributed by atoms with van der Waals surface area (Å²) in [5, 5.41) is 29.3. The highest BCUT2D eigenvalue weighted by Gasteiger charge is 2.43. The van der Waals surface area contributed by atoms with E-state index in [0.29, 0.717) is 0 Å². The first-order valence-electron chi connectivity index (χ1n) is 6.85. The van der Waals surface area contributed by atoms with E-state index >= 15 is 0 Å². The monoisotopic (exact) mass is 337 g/mol. The number of nitro benzene ring substituents is 1. The van der Waals surface area contributed by atoms with Crippen LogP contribution in [0.3, 0.4) is 0 Å². The Morgan fingerprint density at radius 3 is 2.26 bits per heavy atom. The Morgan fingerprint density at radius 2 is 1.83 bits per heavy atom. The zero-order valence-corrected chi connectivity index (χ0v) is 13.6. The number of hydrogen-bond donors (Lipinski definition) is 0. The highest BCUT2D eigenvalue weighted by atomic mass is 31.2. The van der Waals surface area contributed by atoms with Gasteiger partial charge in [0, 0.05) is 12.1 Å². The molecule has 0 N–H and O–H groups in total. The van der Waals surface area contributed by atoms with Crippen LogP contribution in [0.4, 0.5) is 5.69 Å². The number of nitrogens with zero attached hydrogens (tertiary/aromatic N) is 3. The van der Waals surface area contributed by atoms with Gasteiger partial charge in [-0.05, 0) is 19.4 Å². The lowest BCUT2D eigenvalue weighted by molar-refractivity contribution is -0.384. The number of nitro groups is 1. The van der Waals surface area contributed by atoms with Gasteiger partial charge in [-0.3, -0.25) is 14.7 Å². The maximum absolute atomic E-state index is 13.0. The van der Waals surface area contributed by atoms with E-state index in [1.54, 1.807) is 26.0 Å². The molecule has 0 fully saturated rings. The molecular weight excluding hydrogens is 321 g/mol. The van der Waals surface area contributed by atoms with Gasteiger partial charge in [0.25, 0.3) is 5.69 Å². The second-order valence-corrected chi connectivity index (χ2v) is 6.56. The fourth-order valence-electron chi connectivity index (χ4n) is 2.11. The molecule has 23 heavy (non-hydrogen) atoms. The van der Waals surface area contributed by atoms with E-state index in [9.17, 15) is 25.2 Å². The topological polar surface area (TPSA) is 126 Å². The normalized spacial score (nSPS) is 12.4. The largest absolute Gasteiger partial charge is 0.340 e. The van der Waals surface area contributed by atoms with E-state index in [1.165, 1.54) is 24.3 Å². The molecule has 122 valence electrons. The summed E-state index contributed by atoms with van der Waals surface area (Å²) in [6, 6.07) is 8.82. The second-order valence-electron chi connectivity index (χ2n) is 4.41. The first kappa shape index (κ1) is 18.8. The maximum Gasteiger partial charge on any atom is 0.340 e. The fraction of sp³-hybridized carbons (Fsp3) is 0.429. The third kappa shape index (κ3) is 4.37. The van der Waals surface area contributed by atoms with Crippen LogP contribution in [0.1, 0.15) is 25.1 Å². The van der Waals surface area contributed by atoms with Crippen molar-refractivity contribution in [1.82, 2.24) is 0 Å². The van der Waals surface area contributed by atoms with Gasteiger partial charge >= 0.3 is 7.60 Å². The van der Waals surface area contributed by atoms with Crippen LogP contribution in [-0.4, -0.2) is 18.1 Å². The summed E-state index contributed by atoms with van der Waals surface area (Å²) in [6.07, 6.45) is 0. The predicted octanol–water partition coefficient (Wildman–Crippen LogP) is 3.57. The number of hydrogen-bond acceptors (Lipinski definition) is 7. The lowest BCUT2D eigenvalue weighted by Crippen LogP contribution is -2.14. The van der Waals surface area contributed by atoms with E-state index in [1.807, 2.05) is 0 Å². The Bertz CT molecular complexity index is 670. The summed E-state index contributed by atoms with van der Waals surface area (Å²) in [5.74, 6) is -1.33. The molecule has 1 aromatic rings. The highest BCUT2D eigenvalue weighted by Crippen LogP contribution is 2.63. The van der Waals surface area contributed by atoms with Crippen LogP contribution in [0.2, 0.25) is 0 Å². The van der Waals surface area contributed by atoms with Crippen molar-refractivity contribution in [3.63, 3.8) is 0 Å². The maximum atomic E-state index is 13.0.